The normalized spacial score (nSPS) is 13.4. The molecule has 0 aliphatic rings. The molecule has 0 fully saturated rings. The van der Waals surface area contributed by atoms with E-state index >= 15 is 0 Å². The van der Waals surface area contributed by atoms with Gasteiger partial charge in [-0.15, -0.1) is 0 Å². The second kappa shape index (κ2) is 8.32. The van der Waals surface area contributed by atoms with Crippen molar-refractivity contribution in [3.05, 3.63) is 23.4 Å². The Hall–Kier alpha value is -1.36. The van der Waals surface area contributed by atoms with Crippen LogP contribution < -0.4 is 0 Å². The van der Waals surface area contributed by atoms with Gasteiger partial charge in [0.2, 0.25) is 0 Å². The van der Waals surface area contributed by atoms with Gasteiger partial charge in [-0.05, 0) is 34.6 Å². The van der Waals surface area contributed by atoms with Crippen LogP contribution in [0.5, 0.6) is 0 Å². The van der Waals surface area contributed by atoms with Crippen molar-refractivity contribution in [3.8, 4) is 0 Å². The first kappa shape index (κ1) is 20.6. The quantitative estimate of drug-likeness (QED) is 0.325. The number of nitrogens with zero attached hydrogens (tertiary/aromatic N) is 1. The lowest BCUT2D eigenvalue weighted by Gasteiger charge is -2.21. The third-order valence-electron chi connectivity index (χ3n) is 2.74. The molecule has 0 aliphatic heterocycles. The summed E-state index contributed by atoms with van der Waals surface area (Å²) in [7, 11) is -1.46. The second-order valence-electron chi connectivity index (χ2n) is 7.31. The summed E-state index contributed by atoms with van der Waals surface area (Å²) in [4.78, 5) is 26.2. The summed E-state index contributed by atoms with van der Waals surface area (Å²) in [6, 6.07) is 0. The van der Waals surface area contributed by atoms with Crippen molar-refractivity contribution in [2.24, 2.45) is 0 Å². The average Bonchev–Trinajstić information content (AvgIpc) is 2.32. The van der Waals surface area contributed by atoms with Crippen LogP contribution in [0.4, 0.5) is 0 Å². The van der Waals surface area contributed by atoms with Crippen molar-refractivity contribution < 1.29 is 14.3 Å². The van der Waals surface area contributed by atoms with Gasteiger partial charge in [-0.2, -0.15) is 0 Å². The van der Waals surface area contributed by atoms with Gasteiger partial charge in [0.05, 0.1) is 8.07 Å². The SMILES string of the molecule is CCN(CC)C(=O)C(=C\C(=O)OC(C)(C)C)/C=C/[Si](C)(C)C. The number of ether oxygens (including phenoxy) is 1. The van der Waals surface area contributed by atoms with E-state index in [0.717, 1.165) is 0 Å². The first-order chi connectivity index (χ1) is 9.89. The second-order valence-corrected chi connectivity index (χ2v) is 12.4. The van der Waals surface area contributed by atoms with Crippen LogP contribution >= 0.6 is 0 Å². The maximum Gasteiger partial charge on any atom is 0.332 e. The molecule has 1 amide bonds. The van der Waals surface area contributed by atoms with Crippen LogP contribution in [0.2, 0.25) is 19.6 Å². The maximum absolute atomic E-state index is 12.5. The lowest BCUT2D eigenvalue weighted by Crippen LogP contribution is -2.32. The van der Waals surface area contributed by atoms with Gasteiger partial charge in [0.15, 0.2) is 0 Å². The molecule has 0 unspecified atom stereocenters. The monoisotopic (exact) mass is 325 g/mol. The fourth-order valence-corrected chi connectivity index (χ4v) is 2.35. The van der Waals surface area contributed by atoms with E-state index in [9.17, 15) is 9.59 Å². The molecule has 5 heteroatoms. The summed E-state index contributed by atoms with van der Waals surface area (Å²) >= 11 is 0. The molecule has 0 heterocycles. The Morgan fingerprint density at radius 3 is 1.95 bits per heavy atom. The van der Waals surface area contributed by atoms with Crippen molar-refractivity contribution in [2.45, 2.75) is 59.9 Å². The Morgan fingerprint density at radius 2 is 1.59 bits per heavy atom. The predicted octanol–water partition coefficient (Wildman–Crippen LogP) is 3.56. The van der Waals surface area contributed by atoms with Gasteiger partial charge in [0.25, 0.3) is 5.91 Å². The van der Waals surface area contributed by atoms with Gasteiger partial charge in [-0.25, -0.2) is 4.79 Å². The van der Waals surface area contributed by atoms with Crippen LogP contribution in [0, 0.1) is 0 Å². The van der Waals surface area contributed by atoms with Crippen LogP contribution in [0.25, 0.3) is 0 Å². The number of hydrogen-bond acceptors (Lipinski definition) is 3. The number of carbonyl (C=O) groups is 2. The predicted molar refractivity (Wildman–Crippen MR) is 94.3 cm³/mol. The Kier molecular flexibility index (Phi) is 7.80. The van der Waals surface area contributed by atoms with E-state index in [2.05, 4.69) is 25.3 Å². The molecule has 0 saturated heterocycles. The summed E-state index contributed by atoms with van der Waals surface area (Å²) in [6.07, 6.45) is 3.08. The molecule has 0 saturated carbocycles. The fraction of sp³-hybridized carbons (Fsp3) is 0.647. The standard InChI is InChI=1S/C17H31NO3Si/c1-9-18(10-2)16(20)14(11-12-22(6,7)8)13-15(19)21-17(3,4)5/h11-13H,9-10H2,1-8H3/b12-11+,14-13-. The van der Waals surface area contributed by atoms with Crippen molar-refractivity contribution in [2.75, 3.05) is 13.1 Å². The minimum Gasteiger partial charge on any atom is -0.457 e. The number of rotatable bonds is 6. The Labute approximate surface area is 136 Å². The highest BCUT2D eigenvalue weighted by molar-refractivity contribution is 6.81. The van der Waals surface area contributed by atoms with E-state index < -0.39 is 19.6 Å². The van der Waals surface area contributed by atoms with Crippen LogP contribution in [-0.4, -0.2) is 43.5 Å². The third-order valence-corrected chi connectivity index (χ3v) is 3.91. The minimum atomic E-state index is -1.46. The van der Waals surface area contributed by atoms with E-state index in [4.69, 9.17) is 4.74 Å². The van der Waals surface area contributed by atoms with Gasteiger partial charge in [-0.1, -0.05) is 31.4 Å². The number of esters is 1. The van der Waals surface area contributed by atoms with Crippen molar-refractivity contribution in [1.29, 1.82) is 0 Å². The van der Waals surface area contributed by atoms with Gasteiger partial charge >= 0.3 is 5.97 Å². The van der Waals surface area contributed by atoms with E-state index in [1.165, 1.54) is 6.08 Å². The molecule has 0 aromatic heterocycles. The molecule has 126 valence electrons. The van der Waals surface area contributed by atoms with Gasteiger partial charge in [-0.3, -0.25) is 4.79 Å². The zero-order valence-electron chi connectivity index (χ0n) is 15.3. The minimum absolute atomic E-state index is 0.134. The van der Waals surface area contributed by atoms with E-state index in [-0.39, 0.29) is 5.91 Å². The van der Waals surface area contributed by atoms with Gasteiger partial charge in [0, 0.05) is 24.7 Å². The number of hydrogen-bond donors (Lipinski definition) is 0. The van der Waals surface area contributed by atoms with Crippen LogP contribution in [-0.2, 0) is 14.3 Å². The summed E-state index contributed by atoms with van der Waals surface area (Å²) in [5, 5.41) is 0. The first-order valence-electron chi connectivity index (χ1n) is 7.82. The molecule has 0 radical (unpaired) electrons. The molecule has 0 aromatic rings. The molecule has 0 bridgehead atoms. The third kappa shape index (κ3) is 8.82. The van der Waals surface area contributed by atoms with Gasteiger partial charge in [0.1, 0.15) is 5.60 Å². The first-order valence-corrected chi connectivity index (χ1v) is 11.4. The molecule has 0 rings (SSSR count). The van der Waals surface area contributed by atoms with Crippen molar-refractivity contribution in [1.82, 2.24) is 4.90 Å². The van der Waals surface area contributed by atoms with Crippen LogP contribution in [0.3, 0.4) is 0 Å². The molecule has 0 N–H and O–H groups in total. The lowest BCUT2D eigenvalue weighted by molar-refractivity contribution is -0.148. The largest absolute Gasteiger partial charge is 0.457 e. The highest BCUT2D eigenvalue weighted by atomic mass is 28.3. The van der Waals surface area contributed by atoms with E-state index in [0.29, 0.717) is 18.7 Å². The van der Waals surface area contributed by atoms with Gasteiger partial charge < -0.3 is 9.64 Å². The molecule has 0 aliphatic carbocycles. The summed E-state index contributed by atoms with van der Waals surface area (Å²) < 4.78 is 5.29. The van der Waals surface area contributed by atoms with E-state index in [1.54, 1.807) is 11.0 Å². The topological polar surface area (TPSA) is 46.6 Å². The molecule has 22 heavy (non-hydrogen) atoms. The average molecular weight is 326 g/mol. The van der Waals surface area contributed by atoms with Crippen molar-refractivity contribution in [3.63, 3.8) is 0 Å². The molecular weight excluding hydrogens is 294 g/mol. The smallest absolute Gasteiger partial charge is 0.332 e. The Balaban J connectivity index is 5.47. The molecule has 0 spiro atoms. The molecule has 4 nitrogen and oxygen atoms in total. The Morgan fingerprint density at radius 1 is 1.09 bits per heavy atom. The van der Waals surface area contributed by atoms with Crippen LogP contribution in [0.15, 0.2) is 23.4 Å². The number of amides is 1. The lowest BCUT2D eigenvalue weighted by atomic mass is 10.2. The maximum atomic E-state index is 12.5. The zero-order chi connectivity index (χ0) is 17.6. The number of carbonyl (C=O) groups excluding carboxylic acids is 2. The molecule has 0 aromatic carbocycles. The van der Waals surface area contributed by atoms with Crippen LogP contribution in [0.1, 0.15) is 34.6 Å². The number of likely N-dealkylation sites (N-methyl/N-ethyl adjacent to an activating group) is 1. The summed E-state index contributed by atoms with van der Waals surface area (Å²) in [5.74, 6) is -0.617. The Bertz CT molecular complexity index is 450. The highest BCUT2D eigenvalue weighted by Gasteiger charge is 2.19. The summed E-state index contributed by atoms with van der Waals surface area (Å²) in [6.45, 7) is 17.0. The molecule has 0 atom stereocenters. The zero-order valence-corrected chi connectivity index (χ0v) is 16.3. The van der Waals surface area contributed by atoms with Crippen molar-refractivity contribution >= 4 is 20.0 Å². The summed E-state index contributed by atoms with van der Waals surface area (Å²) in [5.41, 5.74) is 1.88. The molecular formula is C17H31NO3Si. The van der Waals surface area contributed by atoms with E-state index in [1.807, 2.05) is 34.6 Å². The fourth-order valence-electron chi connectivity index (χ4n) is 1.67. The highest BCUT2D eigenvalue weighted by Crippen LogP contribution is 2.12.